The highest BCUT2D eigenvalue weighted by Crippen LogP contribution is 2.20. The molecule has 117 heavy (non-hydrogen) atoms. The maximum Gasteiger partial charge on any atom is 0.306 e. The molecule has 0 fully saturated rings. The number of halogens is 2. The van der Waals surface area contributed by atoms with Crippen molar-refractivity contribution in [1.29, 1.82) is 0 Å². The van der Waals surface area contributed by atoms with Gasteiger partial charge in [-0.05, 0) is 89.3 Å². The normalized spacial score (nSPS) is 10.8. The quantitative estimate of drug-likeness (QED) is 0.0564. The monoisotopic (exact) mass is 1620 g/mol. The largest absolute Gasteiger partial charge is 0.460 e. The summed E-state index contributed by atoms with van der Waals surface area (Å²) in [7, 11) is 4.13. The Bertz CT molecular complexity index is 4780. The van der Waals surface area contributed by atoms with Crippen LogP contribution in [0.1, 0.15) is 283 Å². The van der Waals surface area contributed by atoms with Gasteiger partial charge in [-0.15, -0.1) is 0 Å². The zero-order valence-electron chi connectivity index (χ0n) is 74.6. The molecule has 0 radical (unpaired) electrons. The molecule has 0 spiro atoms. The fourth-order valence-corrected chi connectivity index (χ4v) is 14.1. The van der Waals surface area contributed by atoms with Gasteiger partial charge in [-0.25, -0.2) is 18.1 Å². The predicted molar refractivity (Wildman–Crippen MR) is 486 cm³/mol. The number of carbonyl (C=O) groups excluding carboxylic acids is 1. The lowest BCUT2D eigenvalue weighted by Crippen LogP contribution is -2.39. The van der Waals surface area contributed by atoms with Crippen molar-refractivity contribution in [2.45, 2.75) is 258 Å². The fourth-order valence-electron chi connectivity index (χ4n) is 13.0. The summed E-state index contributed by atoms with van der Waals surface area (Å²) in [4.78, 5) is 16.0. The summed E-state index contributed by atoms with van der Waals surface area (Å²) >= 11 is 7.69. The molecule has 0 amide bonds. The van der Waals surface area contributed by atoms with E-state index < -0.39 is 5.60 Å². The molecule has 0 atom stereocenters. The summed E-state index contributed by atoms with van der Waals surface area (Å²) in [5.74, 6) is 4.16. The van der Waals surface area contributed by atoms with Gasteiger partial charge in [-0.3, -0.25) is 9.78 Å². The zero-order chi connectivity index (χ0) is 85.4. The van der Waals surface area contributed by atoms with Crippen molar-refractivity contribution in [2.24, 2.45) is 14.1 Å². The number of hydrogen-bond acceptors (Lipinski definition) is 4. The van der Waals surface area contributed by atoms with Crippen molar-refractivity contribution >= 4 is 28.9 Å². The van der Waals surface area contributed by atoms with E-state index in [-0.39, 0.29) is 19.2 Å². The van der Waals surface area contributed by atoms with Crippen molar-refractivity contribution in [3.63, 3.8) is 0 Å². The number of hydrogen-bond donors (Lipinski definition) is 0. The van der Waals surface area contributed by atoms with E-state index in [1.54, 1.807) is 13.0 Å². The zero-order valence-corrected chi connectivity index (χ0v) is 76.2. The number of rotatable bonds is 20. The maximum atomic E-state index is 13.5. The van der Waals surface area contributed by atoms with E-state index in [0.29, 0.717) is 72.3 Å². The van der Waals surface area contributed by atoms with Crippen LogP contribution in [0.15, 0.2) is 273 Å². The Morgan fingerprint density at radius 3 is 1.24 bits per heavy atom. The topological polar surface area (TPSA) is 66.4 Å². The first kappa shape index (κ1) is 99.6. The van der Waals surface area contributed by atoms with Crippen molar-refractivity contribution in [1.82, 2.24) is 4.98 Å². The molecule has 13 heteroatoms. The molecule has 0 unspecified atom stereocenters. The van der Waals surface area contributed by atoms with E-state index in [4.69, 9.17) is 16.3 Å². The van der Waals surface area contributed by atoms with Crippen LogP contribution in [-0.4, -0.2) is 16.6 Å². The Kier molecular flexibility index (Phi) is 44.4. The second-order valence-electron chi connectivity index (χ2n) is 33.1. The number of aryl methyl sites for hydroxylation is 6. The second-order valence-corrected chi connectivity index (χ2v) is 34.5. The molecule has 0 bridgehead atoms. The molecule has 0 saturated carbocycles. The van der Waals surface area contributed by atoms with Crippen LogP contribution < -0.4 is 32.0 Å². The van der Waals surface area contributed by atoms with Gasteiger partial charge in [0.2, 0.25) is 5.01 Å². The number of thiazole rings is 1. The molecule has 0 aliphatic carbocycles. The van der Waals surface area contributed by atoms with E-state index in [2.05, 4.69) is 363 Å². The lowest BCUT2D eigenvalue weighted by Gasteiger charge is -2.19. The summed E-state index contributed by atoms with van der Waals surface area (Å²) in [6, 6.07) is 74.7. The predicted octanol–water partition coefficient (Wildman–Crippen LogP) is 23.6. The first-order valence-corrected chi connectivity index (χ1v) is 42.9. The van der Waals surface area contributed by atoms with Gasteiger partial charge >= 0.3 is 5.97 Å². The highest BCUT2D eigenvalue weighted by molar-refractivity contribution is 7.09. The SMILES string of the molecule is C.CC(C)c1cc(Cl)cc[n+]1C.CC(C)c1cccc[n+]1Cc1ccc(CCC(=O)OC(C)(C)C)cc1.CC(C)c1cccc[n+]1Cc1ccccc1.CC(C)c1ccccn1.CC(C)c1scc[n+]1Cc1ccccc1.CC[n+]1ccccc1C(C)C.Cc1ccc(C(C)C)[n+](C)c1.Cc1ccc(C[n+]2ccccc2C(C)C)cc1F. The summed E-state index contributed by atoms with van der Waals surface area (Å²) in [6.45, 7) is 51.5. The van der Waals surface area contributed by atoms with E-state index in [1.165, 1.54) is 61.4 Å². The summed E-state index contributed by atoms with van der Waals surface area (Å²) in [6.07, 6.45) is 17.7. The maximum absolute atomic E-state index is 13.5. The van der Waals surface area contributed by atoms with Crippen LogP contribution in [0.4, 0.5) is 4.39 Å². The van der Waals surface area contributed by atoms with Gasteiger partial charge in [-0.2, -0.15) is 18.3 Å². The number of ether oxygens (including phenoxy) is 1. The Hall–Kier alpha value is -9.75. The van der Waals surface area contributed by atoms with Crippen LogP contribution in [0, 0.1) is 19.7 Å². The number of carbonyl (C=O) groups is 1. The Labute approximate surface area is 715 Å². The highest BCUT2D eigenvalue weighted by atomic mass is 35.5. The van der Waals surface area contributed by atoms with Gasteiger partial charge in [0.1, 0.15) is 32.1 Å². The van der Waals surface area contributed by atoms with Crippen molar-refractivity contribution < 1.29 is 45.9 Å². The molecule has 12 aromatic rings. The average Bonchev–Trinajstić information content (AvgIpc) is 1.31. The van der Waals surface area contributed by atoms with Crippen LogP contribution >= 0.6 is 22.9 Å². The minimum atomic E-state index is -0.415. The van der Waals surface area contributed by atoms with Crippen LogP contribution in [-0.2, 0) is 62.8 Å². The van der Waals surface area contributed by atoms with Crippen LogP contribution in [0.25, 0.3) is 0 Å². The fraction of sp³-hybridized carbons (Fsp3) is 0.394. The molecule has 8 heterocycles. The average molecular weight is 1620 g/mol. The molecule has 8 aromatic heterocycles. The van der Waals surface area contributed by atoms with Gasteiger partial charge in [0, 0.05) is 154 Å². The smallest absolute Gasteiger partial charge is 0.306 e. The number of aromatic nitrogens is 8. The van der Waals surface area contributed by atoms with Crippen LogP contribution in [0.3, 0.4) is 0 Å². The lowest BCUT2D eigenvalue weighted by molar-refractivity contribution is -0.701. The third-order valence-corrected chi connectivity index (χ3v) is 20.6. The molecule has 0 saturated heterocycles. The van der Waals surface area contributed by atoms with Gasteiger partial charge in [0.25, 0.3) is 0 Å². The second kappa shape index (κ2) is 52.1. The van der Waals surface area contributed by atoms with Gasteiger partial charge < -0.3 is 4.74 Å². The first-order chi connectivity index (χ1) is 55.1. The van der Waals surface area contributed by atoms with Crippen LogP contribution in [0.5, 0.6) is 0 Å². The first-order valence-electron chi connectivity index (χ1n) is 41.7. The molecular weight excluding hydrogens is 1480 g/mol. The van der Waals surface area contributed by atoms with Gasteiger partial charge in [0.15, 0.2) is 104 Å². The van der Waals surface area contributed by atoms with E-state index in [9.17, 15) is 9.18 Å². The minimum Gasteiger partial charge on any atom is -0.460 e. The standard InChI is InChI=1S/C22H30NO2.C16H19FN.C15H18N.C13H16NS.2C10H16N.C9H13ClN.C8H11N.CH4/c1-17(2)20-8-6-7-15-23(20)16-19-11-9-18(10-12-19)13-14-21(24)25-22(3,4)5;1-12(2)16-6-4-5-9-18(16)11-14-8-7-13(3)15(17)10-14;1-13(2)15-10-6-7-11-16(15)12-14-8-4-3-5-9-14;1-11(2)13-14(8-9-15-13)10-12-6-4-3-5-7-12;1-8(2)10-6-5-9(3)7-11(10)4;1-4-11-8-6-5-7-10(11)9(2)3;1-7(2)9-6-8(10)4-5-11(9)3;1-7(2)8-5-3-4-6-9-8;/h6-12,15,17H,13-14,16H2,1-5H3;4-10,12H,11H2,1-3H3;3-11,13H,12H2,1-2H3;3-9,11H,10H2,1-2H3;5-8H,1-4H3;5-9H,4H2,1-3H3;4-7H,1-3H3;3-7H,1-2H3;1H4/q7*+1;;. The van der Waals surface area contributed by atoms with Crippen molar-refractivity contribution in [2.75, 3.05) is 0 Å². The molecule has 0 N–H and O–H groups in total. The lowest BCUT2D eigenvalue weighted by atomic mass is 10.1. The number of esters is 1. The number of nitrogens with zero attached hydrogens (tertiary/aromatic N) is 8. The Morgan fingerprint density at radius 2 is 0.846 bits per heavy atom. The van der Waals surface area contributed by atoms with Gasteiger partial charge in [-0.1, -0.05) is 269 Å². The molecule has 624 valence electrons. The third kappa shape index (κ3) is 36.8. The van der Waals surface area contributed by atoms with Crippen molar-refractivity contribution in [3.05, 3.63) is 368 Å². The van der Waals surface area contributed by atoms with E-state index in [0.717, 1.165) is 48.0 Å². The summed E-state index contributed by atoms with van der Waals surface area (Å²) in [5, 5.41) is 4.42. The van der Waals surface area contributed by atoms with E-state index >= 15 is 0 Å². The molecule has 0 aliphatic rings. The summed E-state index contributed by atoms with van der Waals surface area (Å²) in [5.41, 5.74) is 16.9. The highest BCUT2D eigenvalue weighted by Gasteiger charge is 2.21. The minimum absolute atomic E-state index is 0. The summed E-state index contributed by atoms with van der Waals surface area (Å²) < 4.78 is 34.6. The Balaban J connectivity index is 0.000000287. The molecule has 10 nitrogen and oxygen atoms in total. The van der Waals surface area contributed by atoms with Crippen molar-refractivity contribution in [3.8, 4) is 0 Å². The molecular formula is C104H143ClFN8O2S+7. The molecule has 12 rings (SSSR count). The molecule has 4 aromatic carbocycles. The number of pyridine rings is 7. The third-order valence-electron chi connectivity index (χ3n) is 19.1. The molecule has 0 aliphatic heterocycles. The van der Waals surface area contributed by atoms with Gasteiger partial charge in [0.05, 0.1) is 10.4 Å². The van der Waals surface area contributed by atoms with Crippen LogP contribution in [0.2, 0.25) is 5.02 Å². The number of benzene rings is 4. The Morgan fingerprint density at radius 1 is 0.427 bits per heavy atom. The van der Waals surface area contributed by atoms with E-state index in [1.807, 2.05) is 112 Å².